The first-order chi connectivity index (χ1) is 12.7. The molecule has 2 aliphatic heterocycles. The van der Waals surface area contributed by atoms with Crippen molar-refractivity contribution in [2.75, 3.05) is 45.9 Å². The molecule has 3 rings (SSSR count). The minimum absolute atomic E-state index is 0.0175. The number of nitrogens with zero attached hydrogens (tertiary/aromatic N) is 3. The lowest BCUT2D eigenvalue weighted by molar-refractivity contribution is -0.135. The van der Waals surface area contributed by atoms with Crippen LogP contribution in [0.15, 0.2) is 24.4 Å². The highest BCUT2D eigenvalue weighted by Crippen LogP contribution is 2.19. The van der Waals surface area contributed by atoms with Crippen LogP contribution in [0.1, 0.15) is 37.4 Å². The third kappa shape index (κ3) is 5.25. The third-order valence-corrected chi connectivity index (χ3v) is 5.01. The van der Waals surface area contributed by atoms with Gasteiger partial charge in [0.15, 0.2) is 0 Å². The maximum Gasteiger partial charge on any atom is 0.239 e. The van der Waals surface area contributed by atoms with Crippen LogP contribution in [-0.2, 0) is 14.3 Å². The average Bonchev–Trinajstić information content (AvgIpc) is 2.88. The number of amides is 2. The molecule has 0 spiro atoms. The molecule has 0 radical (unpaired) electrons. The second-order valence-electron chi connectivity index (χ2n) is 6.85. The fourth-order valence-corrected chi connectivity index (χ4v) is 3.53. The van der Waals surface area contributed by atoms with E-state index in [1.807, 2.05) is 18.2 Å². The number of morpholine rings is 1. The van der Waals surface area contributed by atoms with Gasteiger partial charge in [0.1, 0.15) is 0 Å². The second-order valence-corrected chi connectivity index (χ2v) is 6.85. The minimum Gasteiger partial charge on any atom is -0.379 e. The number of rotatable bonds is 6. The van der Waals surface area contributed by atoms with E-state index in [4.69, 9.17) is 4.74 Å². The van der Waals surface area contributed by atoms with E-state index in [1.165, 1.54) is 0 Å². The molecule has 3 heterocycles. The maximum atomic E-state index is 12.4. The van der Waals surface area contributed by atoms with Gasteiger partial charge in [-0.05, 0) is 25.0 Å². The number of carbonyl (C=O) groups excluding carboxylic acids is 2. The van der Waals surface area contributed by atoms with Crippen LogP contribution in [0.2, 0.25) is 0 Å². The highest BCUT2D eigenvalue weighted by atomic mass is 16.5. The van der Waals surface area contributed by atoms with E-state index in [2.05, 4.69) is 15.2 Å². The van der Waals surface area contributed by atoms with Gasteiger partial charge in [0.2, 0.25) is 11.8 Å². The van der Waals surface area contributed by atoms with Crippen molar-refractivity contribution in [2.24, 2.45) is 0 Å². The molecular formula is C19H28N4O3. The lowest BCUT2D eigenvalue weighted by atomic mass is 10.1. The van der Waals surface area contributed by atoms with Crippen LogP contribution in [0.4, 0.5) is 0 Å². The van der Waals surface area contributed by atoms with Crippen LogP contribution in [0.3, 0.4) is 0 Å². The minimum atomic E-state index is -0.102. The van der Waals surface area contributed by atoms with E-state index in [0.717, 1.165) is 38.0 Å². The first kappa shape index (κ1) is 18.8. The molecule has 0 bridgehead atoms. The van der Waals surface area contributed by atoms with Crippen molar-refractivity contribution >= 4 is 11.8 Å². The van der Waals surface area contributed by atoms with Gasteiger partial charge < -0.3 is 15.0 Å². The van der Waals surface area contributed by atoms with Crippen LogP contribution in [0.5, 0.6) is 0 Å². The molecule has 0 aliphatic carbocycles. The van der Waals surface area contributed by atoms with Gasteiger partial charge in [-0.3, -0.25) is 19.5 Å². The van der Waals surface area contributed by atoms with E-state index in [1.54, 1.807) is 11.1 Å². The zero-order valence-corrected chi connectivity index (χ0v) is 15.2. The van der Waals surface area contributed by atoms with E-state index in [9.17, 15) is 9.59 Å². The Morgan fingerprint density at radius 3 is 2.81 bits per heavy atom. The van der Waals surface area contributed by atoms with E-state index >= 15 is 0 Å². The molecule has 0 unspecified atom stereocenters. The Morgan fingerprint density at radius 1 is 1.19 bits per heavy atom. The number of hydrogen-bond donors (Lipinski definition) is 1. The van der Waals surface area contributed by atoms with Gasteiger partial charge in [-0.15, -0.1) is 0 Å². The Labute approximate surface area is 154 Å². The molecule has 1 aromatic heterocycles. The Hall–Kier alpha value is -1.99. The molecule has 7 nitrogen and oxygen atoms in total. The summed E-state index contributed by atoms with van der Waals surface area (Å²) in [5.41, 5.74) is 0.945. The van der Waals surface area contributed by atoms with Gasteiger partial charge in [-0.2, -0.15) is 0 Å². The van der Waals surface area contributed by atoms with Crippen LogP contribution < -0.4 is 5.32 Å². The van der Waals surface area contributed by atoms with E-state index in [-0.39, 0.29) is 24.4 Å². The molecule has 2 saturated heterocycles. The van der Waals surface area contributed by atoms with Crippen molar-refractivity contribution in [1.29, 1.82) is 0 Å². The van der Waals surface area contributed by atoms with Crippen molar-refractivity contribution in [1.82, 2.24) is 20.1 Å². The lowest BCUT2D eigenvalue weighted by Crippen LogP contribution is -2.46. The average molecular weight is 360 g/mol. The van der Waals surface area contributed by atoms with Gasteiger partial charge in [-0.1, -0.05) is 12.5 Å². The first-order valence-electron chi connectivity index (χ1n) is 9.51. The van der Waals surface area contributed by atoms with Crippen molar-refractivity contribution in [3.8, 4) is 0 Å². The van der Waals surface area contributed by atoms with Gasteiger partial charge in [0.05, 0.1) is 31.5 Å². The summed E-state index contributed by atoms with van der Waals surface area (Å²) < 4.78 is 5.44. The quantitative estimate of drug-likeness (QED) is 0.818. The summed E-state index contributed by atoms with van der Waals surface area (Å²) in [5, 5.41) is 3.01. The zero-order chi connectivity index (χ0) is 18.2. The Morgan fingerprint density at radius 2 is 2.04 bits per heavy atom. The second kappa shape index (κ2) is 9.64. The summed E-state index contributed by atoms with van der Waals surface area (Å²) in [6.07, 6.45) is 5.29. The molecular weight excluding hydrogens is 332 g/mol. The number of carbonyl (C=O) groups is 2. The molecule has 1 N–H and O–H groups in total. The fourth-order valence-electron chi connectivity index (χ4n) is 3.53. The summed E-state index contributed by atoms with van der Waals surface area (Å²) >= 11 is 0. The zero-order valence-electron chi connectivity index (χ0n) is 15.2. The van der Waals surface area contributed by atoms with E-state index < -0.39 is 0 Å². The van der Waals surface area contributed by atoms with Crippen LogP contribution in [0, 0.1) is 0 Å². The molecule has 0 aromatic carbocycles. The highest BCUT2D eigenvalue weighted by Gasteiger charge is 2.25. The molecule has 142 valence electrons. The van der Waals surface area contributed by atoms with E-state index in [0.29, 0.717) is 32.7 Å². The molecule has 2 amide bonds. The molecule has 2 fully saturated rings. The third-order valence-electron chi connectivity index (χ3n) is 5.01. The Kier molecular flexibility index (Phi) is 6.96. The number of nitrogens with one attached hydrogen (secondary N) is 1. The summed E-state index contributed by atoms with van der Waals surface area (Å²) in [4.78, 5) is 32.9. The van der Waals surface area contributed by atoms with Crippen molar-refractivity contribution in [3.05, 3.63) is 30.1 Å². The lowest BCUT2D eigenvalue weighted by Gasteiger charge is -2.34. The van der Waals surface area contributed by atoms with Crippen LogP contribution >= 0.6 is 0 Å². The van der Waals surface area contributed by atoms with Crippen molar-refractivity contribution < 1.29 is 14.3 Å². The van der Waals surface area contributed by atoms with Gasteiger partial charge in [-0.25, -0.2) is 0 Å². The first-order valence-corrected chi connectivity index (χ1v) is 9.51. The van der Waals surface area contributed by atoms with Gasteiger partial charge >= 0.3 is 0 Å². The summed E-state index contributed by atoms with van der Waals surface area (Å²) in [7, 11) is 0. The monoisotopic (exact) mass is 360 g/mol. The topological polar surface area (TPSA) is 74.8 Å². The van der Waals surface area contributed by atoms with Crippen LogP contribution in [0.25, 0.3) is 0 Å². The van der Waals surface area contributed by atoms with Crippen molar-refractivity contribution in [3.63, 3.8) is 0 Å². The molecule has 2 aliphatic rings. The molecule has 0 saturated carbocycles. The number of hydrogen-bond acceptors (Lipinski definition) is 5. The Bertz CT molecular complexity index is 590. The predicted molar refractivity (Wildman–Crippen MR) is 97.4 cm³/mol. The number of likely N-dealkylation sites (tertiary alicyclic amines) is 1. The smallest absolute Gasteiger partial charge is 0.239 e. The number of aromatic nitrogens is 1. The Balaban J connectivity index is 1.58. The summed E-state index contributed by atoms with van der Waals surface area (Å²) in [6.45, 7) is 4.34. The molecule has 26 heavy (non-hydrogen) atoms. The number of pyridine rings is 1. The van der Waals surface area contributed by atoms with Crippen molar-refractivity contribution in [2.45, 2.75) is 31.7 Å². The normalized spacial score (nSPS) is 20.5. The van der Waals surface area contributed by atoms with Crippen LogP contribution in [-0.4, -0.2) is 72.5 Å². The summed E-state index contributed by atoms with van der Waals surface area (Å²) in [6, 6.07) is 5.87. The molecule has 1 atom stereocenters. The largest absolute Gasteiger partial charge is 0.379 e. The predicted octanol–water partition coefficient (Wildman–Crippen LogP) is 0.974. The molecule has 7 heteroatoms. The highest BCUT2D eigenvalue weighted by molar-refractivity contribution is 5.84. The fraction of sp³-hybridized carbons (Fsp3) is 0.632. The SMILES string of the molecule is O=C(CN1CCCCCC1=O)NC[C@H](c1ccccn1)N1CCOCC1. The summed E-state index contributed by atoms with van der Waals surface area (Å²) in [5.74, 6) is -0.0125. The molecule has 1 aromatic rings. The van der Waals surface area contributed by atoms with Gasteiger partial charge in [0, 0.05) is 38.8 Å². The number of ether oxygens (including phenoxy) is 1. The maximum absolute atomic E-state index is 12.4. The standard InChI is InChI=1S/C19H28N4O3/c24-18(15-23-9-5-1-2-7-19(23)25)21-14-17(16-6-3-4-8-20-16)22-10-12-26-13-11-22/h3-4,6,8,17H,1-2,5,7,9-15H2,(H,21,24)/t17-/m1/s1. The van der Waals surface area contributed by atoms with Gasteiger partial charge in [0.25, 0.3) is 0 Å².